The van der Waals surface area contributed by atoms with Crippen molar-refractivity contribution in [3.05, 3.63) is 30.0 Å². The summed E-state index contributed by atoms with van der Waals surface area (Å²) in [6, 6.07) is 1.97. The van der Waals surface area contributed by atoms with Crippen LogP contribution >= 0.6 is 0 Å². The number of nitrogens with zero attached hydrogens (tertiary/aromatic N) is 3. The van der Waals surface area contributed by atoms with Crippen LogP contribution in [0.25, 0.3) is 5.65 Å². The van der Waals surface area contributed by atoms with Crippen LogP contribution in [0, 0.1) is 6.92 Å². The normalized spacial score (nSPS) is 18.1. The Hall–Kier alpha value is -1.42. The third kappa shape index (κ3) is 1.59. The number of hydrogen-bond acceptors (Lipinski definition) is 3. The van der Waals surface area contributed by atoms with Crippen molar-refractivity contribution < 1.29 is 0 Å². The first-order chi connectivity index (χ1) is 7.84. The van der Waals surface area contributed by atoms with E-state index < -0.39 is 0 Å². The largest absolute Gasteiger partial charge is 0.317 e. The maximum atomic E-state index is 4.69. The van der Waals surface area contributed by atoms with Gasteiger partial charge in [0.15, 0.2) is 0 Å². The number of aromatic nitrogens is 3. The molecule has 2 aromatic heterocycles. The van der Waals surface area contributed by atoms with Crippen molar-refractivity contribution in [1.82, 2.24) is 19.7 Å². The Bertz CT molecular complexity index is 497. The Morgan fingerprint density at radius 1 is 1.38 bits per heavy atom. The minimum Gasteiger partial charge on any atom is -0.317 e. The minimum absolute atomic E-state index is 0.612. The minimum atomic E-state index is 0.612. The molecule has 3 rings (SSSR count). The van der Waals surface area contributed by atoms with Gasteiger partial charge in [-0.3, -0.25) is 4.40 Å². The number of aryl methyl sites for hydroxylation is 1. The predicted octanol–water partition coefficient (Wildman–Crippen LogP) is 1.50. The van der Waals surface area contributed by atoms with Crippen LogP contribution in [0.5, 0.6) is 0 Å². The second-order valence-corrected chi connectivity index (χ2v) is 4.41. The molecule has 1 aliphatic heterocycles. The smallest absolute Gasteiger partial charge is 0.139 e. The zero-order valence-electron chi connectivity index (χ0n) is 9.48. The maximum absolute atomic E-state index is 4.69. The molecule has 2 aromatic rings. The van der Waals surface area contributed by atoms with Gasteiger partial charge in [0.25, 0.3) is 0 Å². The third-order valence-corrected chi connectivity index (χ3v) is 3.34. The van der Waals surface area contributed by atoms with Crippen molar-refractivity contribution in [2.24, 2.45) is 0 Å². The van der Waals surface area contributed by atoms with E-state index in [1.807, 2.05) is 19.2 Å². The van der Waals surface area contributed by atoms with E-state index in [9.17, 15) is 0 Å². The molecular weight excluding hydrogens is 200 g/mol. The lowest BCUT2D eigenvalue weighted by molar-refractivity contribution is 0.454. The van der Waals surface area contributed by atoms with E-state index in [0.29, 0.717) is 5.92 Å². The van der Waals surface area contributed by atoms with Crippen LogP contribution in [-0.2, 0) is 0 Å². The predicted molar refractivity (Wildman–Crippen MR) is 62.6 cm³/mol. The van der Waals surface area contributed by atoms with Crippen LogP contribution in [0.2, 0.25) is 0 Å². The van der Waals surface area contributed by atoms with Crippen LogP contribution in [-0.4, -0.2) is 27.5 Å². The number of fused-ring (bicyclic) bond motifs is 1. The molecule has 0 aromatic carbocycles. The standard InChI is InChI=1S/C12H16N4/c1-9-14-7-4-12-15-11(8-16(9)12)10-2-5-13-6-3-10/h4,7-8,10,13H,2-3,5-6H2,1H3. The zero-order valence-corrected chi connectivity index (χ0v) is 9.48. The monoisotopic (exact) mass is 216 g/mol. The number of piperidine rings is 1. The third-order valence-electron chi connectivity index (χ3n) is 3.34. The van der Waals surface area contributed by atoms with Crippen LogP contribution in [0.3, 0.4) is 0 Å². The highest BCUT2D eigenvalue weighted by Crippen LogP contribution is 2.24. The Kier molecular flexibility index (Phi) is 2.36. The Labute approximate surface area is 94.7 Å². The van der Waals surface area contributed by atoms with Gasteiger partial charge in [0.2, 0.25) is 0 Å². The van der Waals surface area contributed by atoms with Crippen molar-refractivity contribution in [1.29, 1.82) is 0 Å². The first kappa shape index (κ1) is 9.78. The van der Waals surface area contributed by atoms with Crippen LogP contribution in [0.15, 0.2) is 18.5 Å². The zero-order chi connectivity index (χ0) is 11.0. The molecule has 16 heavy (non-hydrogen) atoms. The summed E-state index contributed by atoms with van der Waals surface area (Å²) < 4.78 is 2.08. The molecule has 0 aliphatic carbocycles. The molecule has 0 bridgehead atoms. The molecule has 1 aliphatic rings. The van der Waals surface area contributed by atoms with E-state index in [1.54, 1.807) is 0 Å². The molecule has 0 spiro atoms. The van der Waals surface area contributed by atoms with Crippen LogP contribution in [0.1, 0.15) is 30.3 Å². The number of imidazole rings is 1. The second kappa shape index (κ2) is 3.87. The Morgan fingerprint density at radius 3 is 2.94 bits per heavy atom. The molecule has 1 fully saturated rings. The summed E-state index contributed by atoms with van der Waals surface area (Å²) in [6.45, 7) is 4.23. The van der Waals surface area contributed by atoms with Gasteiger partial charge < -0.3 is 5.32 Å². The van der Waals surface area contributed by atoms with E-state index in [1.165, 1.54) is 18.5 Å². The SMILES string of the molecule is Cc1nccc2nc(C3CCNCC3)cn12. The number of nitrogens with one attached hydrogen (secondary N) is 1. The summed E-state index contributed by atoms with van der Waals surface area (Å²) in [5.74, 6) is 1.62. The van der Waals surface area contributed by atoms with Crippen LogP contribution < -0.4 is 5.32 Å². The van der Waals surface area contributed by atoms with E-state index in [-0.39, 0.29) is 0 Å². The fourth-order valence-corrected chi connectivity index (χ4v) is 2.38. The summed E-state index contributed by atoms with van der Waals surface area (Å²) in [7, 11) is 0. The summed E-state index contributed by atoms with van der Waals surface area (Å²) in [5.41, 5.74) is 2.23. The lowest BCUT2D eigenvalue weighted by atomic mass is 9.95. The van der Waals surface area contributed by atoms with Crippen molar-refractivity contribution in [2.45, 2.75) is 25.7 Å². The lowest BCUT2D eigenvalue weighted by Gasteiger charge is -2.20. The average molecular weight is 216 g/mol. The van der Waals surface area contributed by atoms with Gasteiger partial charge >= 0.3 is 0 Å². The van der Waals surface area contributed by atoms with E-state index in [4.69, 9.17) is 4.98 Å². The molecule has 0 unspecified atom stereocenters. The Morgan fingerprint density at radius 2 is 2.19 bits per heavy atom. The maximum Gasteiger partial charge on any atom is 0.139 e. The van der Waals surface area contributed by atoms with Crippen molar-refractivity contribution in [2.75, 3.05) is 13.1 Å². The summed E-state index contributed by atoms with van der Waals surface area (Å²) in [6.07, 6.45) is 6.35. The topological polar surface area (TPSA) is 42.2 Å². The molecule has 4 nitrogen and oxygen atoms in total. The van der Waals surface area contributed by atoms with Gasteiger partial charge in [-0.25, -0.2) is 9.97 Å². The number of hydrogen-bond donors (Lipinski definition) is 1. The molecule has 0 amide bonds. The van der Waals surface area contributed by atoms with Gasteiger partial charge in [-0.2, -0.15) is 0 Å². The number of rotatable bonds is 1. The molecule has 84 valence electrons. The summed E-state index contributed by atoms with van der Waals surface area (Å²) in [5, 5.41) is 3.38. The van der Waals surface area contributed by atoms with Gasteiger partial charge in [0.1, 0.15) is 11.5 Å². The van der Waals surface area contributed by atoms with Gasteiger partial charge in [0.05, 0.1) is 5.69 Å². The Balaban J connectivity index is 2.01. The fraction of sp³-hybridized carbons (Fsp3) is 0.500. The lowest BCUT2D eigenvalue weighted by Crippen LogP contribution is -2.26. The van der Waals surface area contributed by atoms with Gasteiger partial charge in [0, 0.05) is 18.3 Å². The average Bonchev–Trinajstić information content (AvgIpc) is 2.76. The molecule has 4 heteroatoms. The molecule has 1 N–H and O–H groups in total. The molecular formula is C12H16N4. The molecule has 0 radical (unpaired) electrons. The molecule has 3 heterocycles. The van der Waals surface area contributed by atoms with Gasteiger partial charge in [-0.05, 0) is 38.9 Å². The first-order valence-corrected chi connectivity index (χ1v) is 5.86. The van der Waals surface area contributed by atoms with Crippen molar-refractivity contribution >= 4 is 5.65 Å². The highest BCUT2D eigenvalue weighted by Gasteiger charge is 2.18. The second-order valence-electron chi connectivity index (χ2n) is 4.41. The summed E-state index contributed by atoms with van der Waals surface area (Å²) >= 11 is 0. The van der Waals surface area contributed by atoms with Crippen LogP contribution in [0.4, 0.5) is 0 Å². The first-order valence-electron chi connectivity index (χ1n) is 5.86. The molecule has 0 saturated carbocycles. The van der Waals surface area contributed by atoms with Gasteiger partial charge in [-0.15, -0.1) is 0 Å². The highest BCUT2D eigenvalue weighted by molar-refractivity contribution is 5.40. The summed E-state index contributed by atoms with van der Waals surface area (Å²) in [4.78, 5) is 8.97. The fourth-order valence-electron chi connectivity index (χ4n) is 2.38. The van der Waals surface area contributed by atoms with E-state index >= 15 is 0 Å². The van der Waals surface area contributed by atoms with E-state index in [0.717, 1.165) is 24.6 Å². The highest BCUT2D eigenvalue weighted by atomic mass is 15.1. The van der Waals surface area contributed by atoms with Crippen molar-refractivity contribution in [3.8, 4) is 0 Å². The molecule has 0 atom stereocenters. The van der Waals surface area contributed by atoms with Crippen molar-refractivity contribution in [3.63, 3.8) is 0 Å². The quantitative estimate of drug-likeness (QED) is 0.785. The van der Waals surface area contributed by atoms with Gasteiger partial charge in [-0.1, -0.05) is 0 Å². The molecule has 1 saturated heterocycles. The van der Waals surface area contributed by atoms with E-state index in [2.05, 4.69) is 20.9 Å².